The number of amides is 1. The summed E-state index contributed by atoms with van der Waals surface area (Å²) in [4.78, 5) is 13.9. The van der Waals surface area contributed by atoms with E-state index in [9.17, 15) is 9.90 Å². The van der Waals surface area contributed by atoms with E-state index in [2.05, 4.69) is 17.5 Å². The lowest BCUT2D eigenvalue weighted by Crippen LogP contribution is -2.33. The van der Waals surface area contributed by atoms with Gasteiger partial charge in [-0.25, -0.2) is 4.79 Å². The van der Waals surface area contributed by atoms with Gasteiger partial charge in [-0.3, -0.25) is 0 Å². The quantitative estimate of drug-likeness (QED) is 0.664. The van der Waals surface area contributed by atoms with E-state index in [1.165, 1.54) is 4.70 Å². The predicted octanol–water partition coefficient (Wildman–Crippen LogP) is 4.25. The number of rotatable bonds is 4. The minimum Gasteiger partial charge on any atom is -0.504 e. The van der Waals surface area contributed by atoms with Gasteiger partial charge in [0.15, 0.2) is 11.5 Å². The normalized spacial score (nSPS) is 13.7. The maximum atomic E-state index is 12.3. The first-order valence-electron chi connectivity index (χ1n) is 9.03. The van der Waals surface area contributed by atoms with E-state index < -0.39 is 6.09 Å². The summed E-state index contributed by atoms with van der Waals surface area (Å²) >= 11 is 1.66. The third-order valence-corrected chi connectivity index (χ3v) is 5.64. The molecule has 0 spiro atoms. The molecule has 1 N–H and O–H groups in total. The average Bonchev–Trinajstić information content (AvgIpc) is 3.00. The number of phenols is 1. The van der Waals surface area contributed by atoms with E-state index in [1.54, 1.807) is 29.4 Å². The second-order valence-electron chi connectivity index (χ2n) is 6.51. The van der Waals surface area contributed by atoms with E-state index in [1.807, 2.05) is 18.2 Å². The molecule has 1 aliphatic rings. The van der Waals surface area contributed by atoms with Crippen LogP contribution in [0.5, 0.6) is 11.5 Å². The highest BCUT2D eigenvalue weighted by atomic mass is 32.1. The molecule has 7 heteroatoms. The van der Waals surface area contributed by atoms with Gasteiger partial charge in [0.05, 0.1) is 19.7 Å². The maximum Gasteiger partial charge on any atom is 0.410 e. The van der Waals surface area contributed by atoms with Gasteiger partial charge in [0, 0.05) is 28.3 Å². The number of thiophene rings is 1. The highest BCUT2D eigenvalue weighted by Gasteiger charge is 2.24. The molecular formula is C21H21NO5S. The van der Waals surface area contributed by atoms with Crippen LogP contribution in [0.4, 0.5) is 4.79 Å². The van der Waals surface area contributed by atoms with Crippen LogP contribution in [-0.2, 0) is 16.0 Å². The highest BCUT2D eigenvalue weighted by Crippen LogP contribution is 2.41. The van der Waals surface area contributed by atoms with E-state index in [0.717, 1.165) is 22.1 Å². The summed E-state index contributed by atoms with van der Waals surface area (Å²) in [6.07, 6.45) is -0.417. The Hall–Kier alpha value is -2.77. The van der Waals surface area contributed by atoms with Gasteiger partial charge in [0.2, 0.25) is 0 Å². The molecule has 0 unspecified atom stereocenters. The van der Waals surface area contributed by atoms with Gasteiger partial charge in [-0.05, 0) is 29.1 Å². The minimum atomic E-state index is -0.417. The predicted molar refractivity (Wildman–Crippen MR) is 108 cm³/mol. The molecule has 0 aliphatic carbocycles. The Morgan fingerprint density at radius 2 is 2.14 bits per heavy atom. The lowest BCUT2D eigenvalue weighted by Gasteiger charge is -2.19. The number of carbonyl (C=O) groups excluding carboxylic acids is 1. The molecule has 1 aliphatic heterocycles. The number of fused-ring (bicyclic) bond motifs is 2. The monoisotopic (exact) mass is 399 g/mol. The summed E-state index contributed by atoms with van der Waals surface area (Å²) in [5.74, 6) is 0.507. The standard InChI is InChI=1S/C21H21NO5S/c1-25-8-9-27-21(24)22-6-7-26-20-15(12-22)10-14(11-18(20)23)17-13-28-19-5-3-2-4-16(17)19/h2-5,10-11,13,23H,6-9,12H2,1H3. The first-order valence-corrected chi connectivity index (χ1v) is 9.91. The molecule has 1 amide bonds. The zero-order valence-corrected chi connectivity index (χ0v) is 16.3. The van der Waals surface area contributed by atoms with Gasteiger partial charge in [0.1, 0.15) is 13.2 Å². The topological polar surface area (TPSA) is 68.2 Å². The van der Waals surface area contributed by atoms with Crippen molar-refractivity contribution in [1.29, 1.82) is 0 Å². The van der Waals surface area contributed by atoms with Gasteiger partial charge in [-0.1, -0.05) is 18.2 Å². The van der Waals surface area contributed by atoms with Crippen LogP contribution in [0.2, 0.25) is 0 Å². The summed E-state index contributed by atoms with van der Waals surface area (Å²) in [5, 5.41) is 13.8. The average molecular weight is 399 g/mol. The Balaban J connectivity index is 1.65. The van der Waals surface area contributed by atoms with Gasteiger partial charge in [-0.15, -0.1) is 11.3 Å². The van der Waals surface area contributed by atoms with Crippen molar-refractivity contribution in [2.75, 3.05) is 33.5 Å². The Morgan fingerprint density at radius 1 is 1.29 bits per heavy atom. The number of phenolic OH excluding ortho intramolecular Hbond substituents is 1. The summed E-state index contributed by atoms with van der Waals surface area (Å²) in [5.41, 5.74) is 2.70. The largest absolute Gasteiger partial charge is 0.504 e. The van der Waals surface area contributed by atoms with Crippen LogP contribution < -0.4 is 4.74 Å². The number of methoxy groups -OCH3 is 1. The summed E-state index contributed by atoms with van der Waals surface area (Å²) in [7, 11) is 1.56. The summed E-state index contributed by atoms with van der Waals surface area (Å²) in [6, 6.07) is 11.9. The van der Waals surface area contributed by atoms with Gasteiger partial charge >= 0.3 is 6.09 Å². The molecule has 6 nitrogen and oxygen atoms in total. The van der Waals surface area contributed by atoms with Crippen LogP contribution in [0.3, 0.4) is 0 Å². The fourth-order valence-electron chi connectivity index (χ4n) is 3.32. The van der Waals surface area contributed by atoms with E-state index in [-0.39, 0.29) is 12.4 Å². The van der Waals surface area contributed by atoms with Gasteiger partial charge in [0.25, 0.3) is 0 Å². The molecule has 0 bridgehead atoms. The van der Waals surface area contributed by atoms with Crippen molar-refractivity contribution in [2.45, 2.75) is 6.54 Å². The zero-order valence-electron chi connectivity index (χ0n) is 15.5. The Labute approximate surface area is 166 Å². The first-order chi connectivity index (χ1) is 13.7. The van der Waals surface area contributed by atoms with Crippen molar-refractivity contribution in [3.05, 3.63) is 47.3 Å². The second kappa shape index (κ2) is 8.08. The maximum absolute atomic E-state index is 12.3. The van der Waals surface area contributed by atoms with Crippen LogP contribution in [0.1, 0.15) is 5.56 Å². The molecule has 1 aromatic heterocycles. The van der Waals surface area contributed by atoms with Gasteiger partial charge < -0.3 is 24.2 Å². The summed E-state index contributed by atoms with van der Waals surface area (Å²) < 4.78 is 17.1. The van der Waals surface area contributed by atoms with Crippen molar-refractivity contribution < 1.29 is 24.1 Å². The molecular weight excluding hydrogens is 378 g/mol. The van der Waals surface area contributed by atoms with Crippen LogP contribution in [-0.4, -0.2) is 49.6 Å². The Bertz CT molecular complexity index is 1000. The first kappa shape index (κ1) is 18.6. The van der Waals surface area contributed by atoms with E-state index in [4.69, 9.17) is 14.2 Å². The number of hydrogen-bond acceptors (Lipinski definition) is 6. The molecule has 2 heterocycles. The fourth-order valence-corrected chi connectivity index (χ4v) is 4.29. The highest BCUT2D eigenvalue weighted by molar-refractivity contribution is 7.17. The number of hydrogen-bond donors (Lipinski definition) is 1. The van der Waals surface area contributed by atoms with E-state index in [0.29, 0.717) is 32.1 Å². The molecule has 0 saturated heterocycles. The second-order valence-corrected chi connectivity index (χ2v) is 7.42. The molecule has 0 atom stereocenters. The smallest absolute Gasteiger partial charge is 0.410 e. The molecule has 28 heavy (non-hydrogen) atoms. The van der Waals surface area contributed by atoms with Crippen molar-refractivity contribution in [2.24, 2.45) is 0 Å². The van der Waals surface area contributed by atoms with Crippen molar-refractivity contribution >= 4 is 27.5 Å². The minimum absolute atomic E-state index is 0.0809. The molecule has 2 aromatic carbocycles. The molecule has 0 fully saturated rings. The van der Waals surface area contributed by atoms with Crippen molar-refractivity contribution in [3.63, 3.8) is 0 Å². The van der Waals surface area contributed by atoms with Crippen molar-refractivity contribution in [1.82, 2.24) is 4.90 Å². The van der Waals surface area contributed by atoms with Gasteiger partial charge in [-0.2, -0.15) is 0 Å². The fraction of sp³-hybridized carbons (Fsp3) is 0.286. The van der Waals surface area contributed by atoms with E-state index >= 15 is 0 Å². The molecule has 3 aromatic rings. The lowest BCUT2D eigenvalue weighted by molar-refractivity contribution is 0.0687. The molecule has 0 radical (unpaired) electrons. The van der Waals surface area contributed by atoms with Crippen LogP contribution in [0.25, 0.3) is 21.2 Å². The SMILES string of the molecule is COCCOC(=O)N1CCOc2c(O)cc(-c3csc4ccccc34)cc2C1. The Morgan fingerprint density at radius 3 is 3.00 bits per heavy atom. The number of carbonyl (C=O) groups is 1. The number of benzene rings is 2. The van der Waals surface area contributed by atoms with Crippen LogP contribution >= 0.6 is 11.3 Å². The third-order valence-electron chi connectivity index (χ3n) is 4.68. The lowest BCUT2D eigenvalue weighted by atomic mass is 10.0. The Kier molecular flexibility index (Phi) is 5.36. The number of nitrogens with zero attached hydrogens (tertiary/aromatic N) is 1. The van der Waals surface area contributed by atoms with Crippen molar-refractivity contribution in [3.8, 4) is 22.6 Å². The number of aromatic hydroxyl groups is 1. The van der Waals surface area contributed by atoms with Crippen LogP contribution in [0.15, 0.2) is 41.8 Å². The zero-order chi connectivity index (χ0) is 19.5. The molecule has 4 rings (SSSR count). The van der Waals surface area contributed by atoms with Crippen LogP contribution in [0, 0.1) is 0 Å². The molecule has 0 saturated carbocycles. The molecule has 146 valence electrons. The summed E-state index contributed by atoms with van der Waals surface area (Å²) in [6.45, 7) is 1.54. The number of ether oxygens (including phenoxy) is 3. The third kappa shape index (κ3) is 3.63.